The minimum absolute atomic E-state index is 0.0229. The average Bonchev–Trinajstić information content (AvgIpc) is 3.24. The van der Waals surface area contributed by atoms with Gasteiger partial charge in [-0.05, 0) is 29.8 Å². The molecule has 0 saturated carbocycles. The van der Waals surface area contributed by atoms with Crippen LogP contribution in [0.2, 0.25) is 0 Å². The van der Waals surface area contributed by atoms with Gasteiger partial charge in [0, 0.05) is 44.1 Å². The number of aromatic nitrogens is 4. The van der Waals surface area contributed by atoms with Gasteiger partial charge in [0.25, 0.3) is 5.91 Å². The minimum atomic E-state index is -0.0857. The molecule has 0 radical (unpaired) electrons. The molecule has 0 unspecified atom stereocenters. The molecule has 1 amide bonds. The first-order valence-electron chi connectivity index (χ1n) is 8.61. The molecule has 134 valence electrons. The van der Waals surface area contributed by atoms with Gasteiger partial charge in [-0.15, -0.1) is 0 Å². The van der Waals surface area contributed by atoms with Crippen LogP contribution in [0.1, 0.15) is 21.6 Å². The molecule has 7 heteroatoms. The molecular weight excluding hydrogens is 330 g/mol. The normalized spacial score (nSPS) is 17.0. The molecule has 4 heterocycles. The first-order valence-corrected chi connectivity index (χ1v) is 8.61. The molecule has 4 rings (SSSR count). The third-order valence-corrected chi connectivity index (χ3v) is 4.57. The predicted molar refractivity (Wildman–Crippen MR) is 95.2 cm³/mol. The predicted octanol–water partition coefficient (Wildman–Crippen LogP) is 1.86. The van der Waals surface area contributed by atoms with Crippen molar-refractivity contribution < 1.29 is 9.53 Å². The number of rotatable bonds is 4. The Labute approximate surface area is 151 Å². The van der Waals surface area contributed by atoms with Gasteiger partial charge in [0.2, 0.25) is 0 Å². The summed E-state index contributed by atoms with van der Waals surface area (Å²) in [6, 6.07) is 7.94. The summed E-state index contributed by atoms with van der Waals surface area (Å²) in [4.78, 5) is 18.8. The number of aryl methyl sites for hydroxylation is 1. The van der Waals surface area contributed by atoms with Crippen LogP contribution in [-0.4, -0.2) is 42.8 Å². The third-order valence-electron chi connectivity index (χ3n) is 4.57. The fraction of sp³-hybridized carbons (Fsp3) is 0.316. The largest absolute Gasteiger partial charge is 0.370 e. The zero-order valence-corrected chi connectivity index (χ0v) is 14.7. The summed E-state index contributed by atoms with van der Waals surface area (Å²) in [6.07, 6.45) is 8.83. The van der Waals surface area contributed by atoms with Crippen molar-refractivity contribution in [2.75, 3.05) is 6.54 Å². The van der Waals surface area contributed by atoms with Gasteiger partial charge in [-0.2, -0.15) is 5.10 Å². The number of fused-ring (bicyclic) bond motifs is 1. The highest BCUT2D eigenvalue weighted by atomic mass is 16.5. The highest BCUT2D eigenvalue weighted by molar-refractivity contribution is 5.93. The lowest BCUT2D eigenvalue weighted by atomic mass is 10.2. The van der Waals surface area contributed by atoms with Crippen LogP contribution in [0, 0.1) is 0 Å². The smallest absolute Gasteiger partial charge is 0.257 e. The molecule has 0 aromatic carbocycles. The van der Waals surface area contributed by atoms with Gasteiger partial charge in [0.15, 0.2) is 0 Å². The number of hydrogen-bond acceptors (Lipinski definition) is 4. The Kier molecular flexibility index (Phi) is 4.53. The topological polar surface area (TPSA) is 65.2 Å². The van der Waals surface area contributed by atoms with E-state index in [2.05, 4.69) is 20.7 Å². The van der Waals surface area contributed by atoms with E-state index in [1.807, 2.05) is 36.3 Å². The second kappa shape index (κ2) is 7.13. The van der Waals surface area contributed by atoms with Crippen LogP contribution in [0.5, 0.6) is 0 Å². The molecule has 0 N–H and O–H groups in total. The standard InChI is InChI=1S/C19H21N5O2/c1-22-10-16(9-21-22)19(25)24-11-17-3-2-8-23(17)12-18(13-24)26-14-15-4-6-20-7-5-15/h2-10,18H,11-14H2,1H3/t18-/m0/s1. The van der Waals surface area contributed by atoms with Crippen molar-refractivity contribution in [2.24, 2.45) is 7.05 Å². The zero-order valence-electron chi connectivity index (χ0n) is 14.7. The van der Waals surface area contributed by atoms with Gasteiger partial charge in [-0.25, -0.2) is 0 Å². The second-order valence-corrected chi connectivity index (χ2v) is 6.53. The molecule has 26 heavy (non-hydrogen) atoms. The molecule has 3 aromatic rings. The number of hydrogen-bond donors (Lipinski definition) is 0. The Balaban J connectivity index is 1.52. The number of nitrogens with zero attached hydrogens (tertiary/aromatic N) is 5. The van der Waals surface area contributed by atoms with Crippen molar-refractivity contribution in [3.8, 4) is 0 Å². The SMILES string of the molecule is Cn1cc(C(=O)N2Cc3cccn3C[C@H](OCc3ccncc3)C2)cn1. The molecule has 3 aromatic heterocycles. The van der Waals surface area contributed by atoms with Crippen molar-refractivity contribution in [2.45, 2.75) is 25.8 Å². The molecule has 0 bridgehead atoms. The lowest BCUT2D eigenvalue weighted by Gasteiger charge is -2.24. The van der Waals surface area contributed by atoms with E-state index in [0.29, 0.717) is 25.3 Å². The summed E-state index contributed by atoms with van der Waals surface area (Å²) < 4.78 is 9.94. The molecule has 0 saturated heterocycles. The summed E-state index contributed by atoms with van der Waals surface area (Å²) in [5, 5.41) is 4.11. The van der Waals surface area contributed by atoms with Crippen molar-refractivity contribution in [1.29, 1.82) is 0 Å². The van der Waals surface area contributed by atoms with Gasteiger partial charge >= 0.3 is 0 Å². The van der Waals surface area contributed by atoms with Gasteiger partial charge in [-0.3, -0.25) is 14.5 Å². The lowest BCUT2D eigenvalue weighted by Crippen LogP contribution is -2.37. The minimum Gasteiger partial charge on any atom is -0.370 e. The summed E-state index contributed by atoms with van der Waals surface area (Å²) in [5.41, 5.74) is 2.78. The van der Waals surface area contributed by atoms with E-state index in [1.54, 1.807) is 29.5 Å². The van der Waals surface area contributed by atoms with Gasteiger partial charge in [0.1, 0.15) is 0 Å². The Morgan fingerprint density at radius 3 is 2.88 bits per heavy atom. The maximum atomic E-state index is 12.9. The molecule has 0 aliphatic carbocycles. The number of amides is 1. The van der Waals surface area contributed by atoms with Crippen LogP contribution in [-0.2, 0) is 31.5 Å². The first kappa shape index (κ1) is 16.5. The van der Waals surface area contributed by atoms with E-state index in [4.69, 9.17) is 4.74 Å². The number of carbonyl (C=O) groups is 1. The molecular formula is C19H21N5O2. The quantitative estimate of drug-likeness (QED) is 0.720. The Morgan fingerprint density at radius 1 is 1.27 bits per heavy atom. The van der Waals surface area contributed by atoms with Crippen LogP contribution in [0.3, 0.4) is 0 Å². The summed E-state index contributed by atoms with van der Waals surface area (Å²) in [6.45, 7) is 2.33. The maximum Gasteiger partial charge on any atom is 0.257 e. The number of pyridine rings is 1. The van der Waals surface area contributed by atoms with Crippen LogP contribution in [0.4, 0.5) is 0 Å². The molecule has 1 aliphatic rings. The van der Waals surface area contributed by atoms with Gasteiger partial charge in [-0.1, -0.05) is 0 Å². The highest BCUT2D eigenvalue weighted by Crippen LogP contribution is 2.18. The second-order valence-electron chi connectivity index (χ2n) is 6.53. The summed E-state index contributed by atoms with van der Waals surface area (Å²) in [7, 11) is 1.81. The van der Waals surface area contributed by atoms with Crippen molar-refractivity contribution in [3.63, 3.8) is 0 Å². The van der Waals surface area contributed by atoms with E-state index in [1.165, 1.54) is 0 Å². The van der Waals surface area contributed by atoms with Crippen LogP contribution in [0.15, 0.2) is 55.2 Å². The molecule has 0 spiro atoms. The third kappa shape index (κ3) is 3.52. The summed E-state index contributed by atoms with van der Waals surface area (Å²) >= 11 is 0. The van der Waals surface area contributed by atoms with E-state index >= 15 is 0 Å². The lowest BCUT2D eigenvalue weighted by molar-refractivity contribution is 0.0105. The number of carbonyl (C=O) groups excluding carboxylic acids is 1. The molecule has 1 aliphatic heterocycles. The highest BCUT2D eigenvalue weighted by Gasteiger charge is 2.26. The Morgan fingerprint density at radius 2 is 2.12 bits per heavy atom. The number of ether oxygens (including phenoxy) is 1. The van der Waals surface area contributed by atoms with Crippen LogP contribution < -0.4 is 0 Å². The first-order chi connectivity index (χ1) is 12.7. The van der Waals surface area contributed by atoms with E-state index in [0.717, 1.165) is 17.8 Å². The Hall–Kier alpha value is -2.93. The molecule has 1 atom stereocenters. The zero-order chi connectivity index (χ0) is 17.9. The molecule has 7 nitrogen and oxygen atoms in total. The monoisotopic (exact) mass is 351 g/mol. The van der Waals surface area contributed by atoms with Crippen LogP contribution in [0.25, 0.3) is 0 Å². The van der Waals surface area contributed by atoms with Crippen molar-refractivity contribution in [3.05, 3.63) is 72.1 Å². The van der Waals surface area contributed by atoms with Gasteiger partial charge in [0.05, 0.1) is 37.6 Å². The van der Waals surface area contributed by atoms with Gasteiger partial charge < -0.3 is 14.2 Å². The average molecular weight is 351 g/mol. The Bertz CT molecular complexity index is 886. The maximum absolute atomic E-state index is 12.9. The summed E-state index contributed by atoms with van der Waals surface area (Å²) in [5.74, 6) is -0.0229. The van der Waals surface area contributed by atoms with E-state index in [9.17, 15) is 4.79 Å². The van der Waals surface area contributed by atoms with Crippen molar-refractivity contribution >= 4 is 5.91 Å². The fourth-order valence-corrected chi connectivity index (χ4v) is 3.22. The van der Waals surface area contributed by atoms with E-state index < -0.39 is 0 Å². The van der Waals surface area contributed by atoms with Crippen molar-refractivity contribution in [1.82, 2.24) is 24.2 Å². The van der Waals surface area contributed by atoms with E-state index in [-0.39, 0.29) is 12.0 Å². The van der Waals surface area contributed by atoms with Crippen LogP contribution >= 0.6 is 0 Å². The molecule has 0 fully saturated rings. The fourth-order valence-electron chi connectivity index (χ4n) is 3.22.